The lowest BCUT2D eigenvalue weighted by molar-refractivity contribution is 0.289. The first-order chi connectivity index (χ1) is 14.8. The molecule has 30 heavy (non-hydrogen) atoms. The van der Waals surface area contributed by atoms with E-state index in [0.29, 0.717) is 17.4 Å². The molecule has 0 spiro atoms. The Morgan fingerprint density at radius 1 is 0.800 bits per heavy atom. The molecule has 0 radical (unpaired) electrons. The number of rotatable bonds is 14. The predicted molar refractivity (Wildman–Crippen MR) is 127 cm³/mol. The minimum Gasteiger partial charge on any atom is -0.484 e. The lowest BCUT2D eigenvalue weighted by Crippen LogP contribution is -2.08. The number of hydrogen-bond acceptors (Lipinski definition) is 2. The number of imidazole rings is 1. The van der Waals surface area contributed by atoms with Crippen molar-refractivity contribution < 1.29 is 4.74 Å². The zero-order valence-electron chi connectivity index (χ0n) is 18.3. The highest BCUT2D eigenvalue weighted by Gasteiger charge is 2.11. The standard InChI is InChI=1S/C26H35ClN2O/c1-2-3-4-5-6-7-8-9-10-15-20-29-24-18-13-12-17-23(24)28-26(29)21-30-25-19-14-11-16-22(25)27/h11-14,16-19H,2-10,15,20-21H2,1H3. The lowest BCUT2D eigenvalue weighted by Gasteiger charge is -2.11. The quantitative estimate of drug-likeness (QED) is 0.243. The number of fused-ring (bicyclic) bond motifs is 1. The SMILES string of the molecule is CCCCCCCCCCCCn1c(COc2ccccc2Cl)nc2ccccc21. The number of benzene rings is 2. The van der Waals surface area contributed by atoms with Crippen LogP contribution in [0.2, 0.25) is 5.02 Å². The van der Waals surface area contributed by atoms with E-state index >= 15 is 0 Å². The van der Waals surface area contributed by atoms with Gasteiger partial charge in [0, 0.05) is 6.54 Å². The van der Waals surface area contributed by atoms with Gasteiger partial charge in [0.1, 0.15) is 18.2 Å². The number of ether oxygens (including phenoxy) is 1. The highest BCUT2D eigenvalue weighted by molar-refractivity contribution is 6.32. The van der Waals surface area contributed by atoms with Crippen molar-refractivity contribution in [3.63, 3.8) is 0 Å². The van der Waals surface area contributed by atoms with Gasteiger partial charge < -0.3 is 9.30 Å². The third-order valence-corrected chi connectivity index (χ3v) is 5.97. The van der Waals surface area contributed by atoms with Crippen LogP contribution in [0.15, 0.2) is 48.5 Å². The number of halogens is 1. The first kappa shape index (κ1) is 22.7. The average molecular weight is 427 g/mol. The largest absolute Gasteiger partial charge is 0.484 e. The molecule has 2 aromatic carbocycles. The van der Waals surface area contributed by atoms with Gasteiger partial charge in [-0.05, 0) is 30.7 Å². The van der Waals surface area contributed by atoms with Crippen LogP contribution < -0.4 is 4.74 Å². The molecule has 0 saturated heterocycles. The molecule has 1 heterocycles. The van der Waals surface area contributed by atoms with E-state index in [-0.39, 0.29) is 0 Å². The van der Waals surface area contributed by atoms with Gasteiger partial charge >= 0.3 is 0 Å². The maximum Gasteiger partial charge on any atom is 0.147 e. The van der Waals surface area contributed by atoms with Crippen LogP contribution in [0.4, 0.5) is 0 Å². The van der Waals surface area contributed by atoms with Gasteiger partial charge in [-0.2, -0.15) is 0 Å². The maximum atomic E-state index is 6.24. The van der Waals surface area contributed by atoms with Crippen molar-refractivity contribution in [3.05, 3.63) is 59.4 Å². The summed E-state index contributed by atoms with van der Waals surface area (Å²) in [5.74, 6) is 1.67. The second-order valence-electron chi connectivity index (χ2n) is 8.07. The van der Waals surface area contributed by atoms with Gasteiger partial charge in [0.25, 0.3) is 0 Å². The smallest absolute Gasteiger partial charge is 0.147 e. The van der Waals surface area contributed by atoms with E-state index in [1.807, 2.05) is 30.3 Å². The van der Waals surface area contributed by atoms with Crippen LogP contribution in [-0.2, 0) is 13.2 Å². The summed E-state index contributed by atoms with van der Waals surface area (Å²) in [7, 11) is 0. The molecule has 0 bridgehead atoms. The molecule has 3 nitrogen and oxygen atoms in total. The van der Waals surface area contributed by atoms with Crippen molar-refractivity contribution in [2.45, 2.75) is 84.3 Å². The molecule has 3 aromatic rings. The van der Waals surface area contributed by atoms with E-state index < -0.39 is 0 Å². The van der Waals surface area contributed by atoms with Gasteiger partial charge in [-0.3, -0.25) is 0 Å². The molecule has 0 unspecified atom stereocenters. The first-order valence-corrected chi connectivity index (χ1v) is 12.0. The number of aryl methyl sites for hydroxylation is 1. The Balaban J connectivity index is 1.49. The van der Waals surface area contributed by atoms with Crippen LogP contribution in [0, 0.1) is 0 Å². The average Bonchev–Trinajstić information content (AvgIpc) is 3.12. The number of hydrogen-bond donors (Lipinski definition) is 0. The number of nitrogens with zero attached hydrogens (tertiary/aromatic N) is 2. The van der Waals surface area contributed by atoms with Gasteiger partial charge in [0.15, 0.2) is 0 Å². The van der Waals surface area contributed by atoms with E-state index in [2.05, 4.69) is 29.7 Å². The molecule has 0 aliphatic carbocycles. The minimum atomic E-state index is 0.427. The van der Waals surface area contributed by atoms with Crippen LogP contribution in [0.3, 0.4) is 0 Å². The molecule has 1 aromatic heterocycles. The van der Waals surface area contributed by atoms with Gasteiger partial charge in [-0.1, -0.05) is 101 Å². The fourth-order valence-electron chi connectivity index (χ4n) is 3.95. The van der Waals surface area contributed by atoms with Crippen LogP contribution in [0.5, 0.6) is 5.75 Å². The Morgan fingerprint density at radius 2 is 1.43 bits per heavy atom. The van der Waals surface area contributed by atoms with Crippen molar-refractivity contribution in [1.82, 2.24) is 9.55 Å². The van der Waals surface area contributed by atoms with E-state index in [1.165, 1.54) is 69.7 Å². The van der Waals surface area contributed by atoms with E-state index in [1.54, 1.807) is 0 Å². The lowest BCUT2D eigenvalue weighted by atomic mass is 10.1. The Hall–Kier alpha value is -2.00. The van der Waals surface area contributed by atoms with Crippen LogP contribution in [-0.4, -0.2) is 9.55 Å². The highest BCUT2D eigenvalue weighted by atomic mass is 35.5. The third kappa shape index (κ3) is 6.77. The molecule has 0 saturated carbocycles. The Bertz CT molecular complexity index is 890. The molecule has 0 aliphatic rings. The van der Waals surface area contributed by atoms with Crippen LogP contribution >= 0.6 is 11.6 Å². The van der Waals surface area contributed by atoms with Gasteiger partial charge in [0.2, 0.25) is 0 Å². The number of unbranched alkanes of at least 4 members (excludes halogenated alkanes) is 9. The van der Waals surface area contributed by atoms with Crippen molar-refractivity contribution >= 4 is 22.6 Å². The summed E-state index contributed by atoms with van der Waals surface area (Å²) in [4.78, 5) is 4.82. The van der Waals surface area contributed by atoms with E-state index in [0.717, 1.165) is 17.9 Å². The van der Waals surface area contributed by atoms with Crippen molar-refractivity contribution in [3.8, 4) is 5.75 Å². The molecule has 0 N–H and O–H groups in total. The Kier molecular flexibility index (Phi) is 9.56. The fourth-order valence-corrected chi connectivity index (χ4v) is 4.14. The van der Waals surface area contributed by atoms with Gasteiger partial charge in [-0.15, -0.1) is 0 Å². The zero-order valence-corrected chi connectivity index (χ0v) is 19.0. The highest BCUT2D eigenvalue weighted by Crippen LogP contribution is 2.25. The van der Waals surface area contributed by atoms with Gasteiger partial charge in [0.05, 0.1) is 16.1 Å². The predicted octanol–water partition coefficient (Wildman–Crippen LogP) is 8.19. The Morgan fingerprint density at radius 3 is 2.17 bits per heavy atom. The summed E-state index contributed by atoms with van der Waals surface area (Å²) in [5.41, 5.74) is 2.22. The molecule has 0 amide bonds. The van der Waals surface area contributed by atoms with Crippen molar-refractivity contribution in [2.24, 2.45) is 0 Å². The maximum absolute atomic E-state index is 6.24. The van der Waals surface area contributed by atoms with Crippen molar-refractivity contribution in [2.75, 3.05) is 0 Å². The number of para-hydroxylation sites is 3. The molecule has 0 fully saturated rings. The molecular formula is C26H35ClN2O. The molecule has 3 rings (SSSR count). The number of aromatic nitrogens is 2. The summed E-state index contributed by atoms with van der Waals surface area (Å²) >= 11 is 6.24. The first-order valence-electron chi connectivity index (χ1n) is 11.6. The summed E-state index contributed by atoms with van der Waals surface area (Å²) in [6.45, 7) is 3.69. The third-order valence-electron chi connectivity index (χ3n) is 5.66. The second-order valence-corrected chi connectivity index (χ2v) is 8.48. The summed E-state index contributed by atoms with van der Waals surface area (Å²) in [6.07, 6.45) is 13.4. The molecular weight excluding hydrogens is 392 g/mol. The summed E-state index contributed by atoms with van der Waals surface area (Å²) < 4.78 is 8.29. The van der Waals surface area contributed by atoms with E-state index in [4.69, 9.17) is 21.3 Å². The summed E-state index contributed by atoms with van der Waals surface area (Å²) in [5, 5.41) is 0.634. The molecule has 0 aliphatic heterocycles. The normalized spacial score (nSPS) is 11.3. The Labute approximate surface area is 186 Å². The fraction of sp³-hybridized carbons (Fsp3) is 0.500. The summed E-state index contributed by atoms with van der Waals surface area (Å²) in [6, 6.07) is 15.9. The van der Waals surface area contributed by atoms with Crippen molar-refractivity contribution in [1.29, 1.82) is 0 Å². The monoisotopic (exact) mass is 426 g/mol. The molecule has 4 heteroatoms. The minimum absolute atomic E-state index is 0.427. The second kappa shape index (κ2) is 12.6. The topological polar surface area (TPSA) is 27.1 Å². The zero-order chi connectivity index (χ0) is 21.0. The van der Waals surface area contributed by atoms with E-state index in [9.17, 15) is 0 Å². The van der Waals surface area contributed by atoms with Gasteiger partial charge in [-0.25, -0.2) is 4.98 Å². The van der Waals surface area contributed by atoms with Crippen LogP contribution in [0.25, 0.3) is 11.0 Å². The molecule has 0 atom stereocenters. The van der Waals surface area contributed by atoms with Crippen LogP contribution in [0.1, 0.15) is 77.0 Å². The molecule has 162 valence electrons.